The van der Waals surface area contributed by atoms with E-state index in [1.54, 1.807) is 0 Å². The Morgan fingerprint density at radius 2 is 2.40 bits per heavy atom. The van der Waals surface area contributed by atoms with Crippen LogP contribution in [0.4, 0.5) is 0 Å². The molecule has 1 atom stereocenters. The SMILES string of the molecule is CCn1nccc1C1=CC(Cl)CCCC1. The Morgan fingerprint density at radius 3 is 3.20 bits per heavy atom. The van der Waals surface area contributed by atoms with Gasteiger partial charge in [0.15, 0.2) is 0 Å². The first-order valence-electron chi connectivity index (χ1n) is 5.68. The van der Waals surface area contributed by atoms with E-state index in [1.807, 2.05) is 10.9 Å². The van der Waals surface area contributed by atoms with E-state index in [0.29, 0.717) is 0 Å². The minimum atomic E-state index is 0.197. The lowest BCUT2D eigenvalue weighted by Crippen LogP contribution is -2.02. The van der Waals surface area contributed by atoms with Crippen molar-refractivity contribution in [3.05, 3.63) is 24.0 Å². The normalized spacial score (nSPS) is 22.3. The summed E-state index contributed by atoms with van der Waals surface area (Å²) in [4.78, 5) is 0. The number of halogens is 1. The van der Waals surface area contributed by atoms with Gasteiger partial charge in [0.05, 0.1) is 11.1 Å². The van der Waals surface area contributed by atoms with E-state index in [9.17, 15) is 0 Å². The van der Waals surface area contributed by atoms with Crippen molar-refractivity contribution in [2.24, 2.45) is 0 Å². The lowest BCUT2D eigenvalue weighted by molar-refractivity contribution is 0.647. The summed E-state index contributed by atoms with van der Waals surface area (Å²) in [5, 5.41) is 4.50. The molecule has 0 N–H and O–H groups in total. The summed E-state index contributed by atoms with van der Waals surface area (Å²) < 4.78 is 2.04. The maximum Gasteiger partial charge on any atom is 0.0639 e. The molecule has 1 aromatic rings. The van der Waals surface area contributed by atoms with E-state index in [1.165, 1.54) is 24.1 Å². The van der Waals surface area contributed by atoms with Crippen molar-refractivity contribution >= 4 is 17.2 Å². The number of rotatable bonds is 2. The van der Waals surface area contributed by atoms with Crippen molar-refractivity contribution < 1.29 is 0 Å². The molecule has 0 aromatic carbocycles. The van der Waals surface area contributed by atoms with E-state index in [-0.39, 0.29) is 5.38 Å². The highest BCUT2D eigenvalue weighted by Crippen LogP contribution is 2.27. The van der Waals surface area contributed by atoms with Crippen LogP contribution in [0.5, 0.6) is 0 Å². The zero-order valence-electron chi connectivity index (χ0n) is 9.12. The van der Waals surface area contributed by atoms with Crippen LogP contribution in [0.2, 0.25) is 0 Å². The zero-order valence-corrected chi connectivity index (χ0v) is 9.87. The van der Waals surface area contributed by atoms with Gasteiger partial charge in [-0.1, -0.05) is 12.5 Å². The molecule has 3 heteroatoms. The molecule has 0 radical (unpaired) electrons. The van der Waals surface area contributed by atoms with Crippen LogP contribution >= 0.6 is 11.6 Å². The number of alkyl halides is 1. The third-order valence-electron chi connectivity index (χ3n) is 2.90. The maximum absolute atomic E-state index is 6.22. The molecule has 2 nitrogen and oxygen atoms in total. The molecule has 1 aromatic heterocycles. The number of allylic oxidation sites excluding steroid dienone is 2. The largest absolute Gasteiger partial charge is 0.266 e. The van der Waals surface area contributed by atoms with E-state index < -0.39 is 0 Å². The molecule has 1 aliphatic rings. The summed E-state index contributed by atoms with van der Waals surface area (Å²) in [7, 11) is 0. The zero-order chi connectivity index (χ0) is 10.7. The van der Waals surface area contributed by atoms with Gasteiger partial charge in [0.25, 0.3) is 0 Å². The van der Waals surface area contributed by atoms with Gasteiger partial charge in [-0.2, -0.15) is 5.10 Å². The summed E-state index contributed by atoms with van der Waals surface area (Å²) in [5.41, 5.74) is 2.61. The van der Waals surface area contributed by atoms with E-state index >= 15 is 0 Å². The Balaban J connectivity index is 2.28. The van der Waals surface area contributed by atoms with Crippen LogP contribution in [0.25, 0.3) is 5.57 Å². The Bertz CT molecular complexity index is 354. The summed E-state index contributed by atoms with van der Waals surface area (Å²) in [5.74, 6) is 0. The van der Waals surface area contributed by atoms with Crippen LogP contribution in [0.3, 0.4) is 0 Å². The molecule has 0 spiro atoms. The second kappa shape index (κ2) is 4.84. The molecule has 0 fully saturated rings. The molecule has 2 rings (SSSR count). The molecule has 1 unspecified atom stereocenters. The number of hydrogen-bond donors (Lipinski definition) is 0. The van der Waals surface area contributed by atoms with Gasteiger partial charge in [-0.25, -0.2) is 0 Å². The molecule has 0 bridgehead atoms. The molecular weight excluding hydrogens is 208 g/mol. The summed E-state index contributed by atoms with van der Waals surface area (Å²) in [6.45, 7) is 3.04. The van der Waals surface area contributed by atoms with Crippen molar-refractivity contribution in [3.8, 4) is 0 Å². The lowest BCUT2D eigenvalue weighted by Gasteiger charge is -2.08. The Hall–Kier alpha value is -0.760. The molecule has 82 valence electrons. The maximum atomic E-state index is 6.22. The van der Waals surface area contributed by atoms with Crippen LogP contribution in [0.15, 0.2) is 18.3 Å². The van der Waals surface area contributed by atoms with Crippen LogP contribution in [0, 0.1) is 0 Å². The first-order valence-corrected chi connectivity index (χ1v) is 6.12. The minimum Gasteiger partial charge on any atom is -0.266 e. The molecule has 1 heterocycles. The van der Waals surface area contributed by atoms with Crippen LogP contribution in [0.1, 0.15) is 38.3 Å². The molecule has 0 amide bonds. The fourth-order valence-electron chi connectivity index (χ4n) is 2.11. The standard InChI is InChI=1S/C12H17ClN2/c1-2-15-12(7-8-14-15)10-5-3-4-6-11(13)9-10/h7-9,11H,2-6H2,1H3. The molecule has 15 heavy (non-hydrogen) atoms. The van der Waals surface area contributed by atoms with Gasteiger partial charge in [0, 0.05) is 12.7 Å². The predicted octanol–water partition coefficient (Wildman–Crippen LogP) is 3.47. The molecule has 0 saturated heterocycles. The second-order valence-electron chi connectivity index (χ2n) is 3.99. The molecule has 1 aliphatic carbocycles. The van der Waals surface area contributed by atoms with Gasteiger partial charge in [-0.3, -0.25) is 4.68 Å². The van der Waals surface area contributed by atoms with Crippen LogP contribution < -0.4 is 0 Å². The second-order valence-corrected chi connectivity index (χ2v) is 4.55. The highest BCUT2D eigenvalue weighted by atomic mass is 35.5. The van der Waals surface area contributed by atoms with Crippen molar-refractivity contribution in [1.29, 1.82) is 0 Å². The third kappa shape index (κ3) is 2.43. The average molecular weight is 225 g/mol. The molecular formula is C12H17ClN2. The summed E-state index contributed by atoms with van der Waals surface area (Å²) in [6.07, 6.45) is 8.78. The molecule has 0 saturated carbocycles. The lowest BCUT2D eigenvalue weighted by atomic mass is 10.1. The van der Waals surface area contributed by atoms with Crippen molar-refractivity contribution in [2.45, 2.75) is 44.5 Å². The van der Waals surface area contributed by atoms with E-state index in [0.717, 1.165) is 19.4 Å². The van der Waals surface area contributed by atoms with Crippen molar-refractivity contribution in [2.75, 3.05) is 0 Å². The summed E-state index contributed by atoms with van der Waals surface area (Å²) >= 11 is 6.22. The summed E-state index contributed by atoms with van der Waals surface area (Å²) in [6, 6.07) is 2.09. The van der Waals surface area contributed by atoms with Crippen molar-refractivity contribution in [1.82, 2.24) is 9.78 Å². The topological polar surface area (TPSA) is 17.8 Å². The van der Waals surface area contributed by atoms with Gasteiger partial charge in [-0.05, 0) is 37.8 Å². The first-order chi connectivity index (χ1) is 7.31. The van der Waals surface area contributed by atoms with Crippen LogP contribution in [-0.4, -0.2) is 15.2 Å². The highest BCUT2D eigenvalue weighted by molar-refractivity contribution is 6.22. The van der Waals surface area contributed by atoms with Gasteiger partial charge in [0.1, 0.15) is 0 Å². The predicted molar refractivity (Wildman–Crippen MR) is 64.0 cm³/mol. The Labute approximate surface area is 95.9 Å². The monoisotopic (exact) mass is 224 g/mol. The Morgan fingerprint density at radius 1 is 1.53 bits per heavy atom. The minimum absolute atomic E-state index is 0.197. The highest BCUT2D eigenvalue weighted by Gasteiger charge is 2.13. The molecule has 0 aliphatic heterocycles. The van der Waals surface area contributed by atoms with E-state index in [4.69, 9.17) is 11.6 Å². The number of nitrogens with zero attached hydrogens (tertiary/aromatic N) is 2. The third-order valence-corrected chi connectivity index (χ3v) is 3.25. The van der Waals surface area contributed by atoms with Crippen molar-refractivity contribution in [3.63, 3.8) is 0 Å². The van der Waals surface area contributed by atoms with Gasteiger partial charge >= 0.3 is 0 Å². The number of aromatic nitrogens is 2. The van der Waals surface area contributed by atoms with Gasteiger partial charge in [0.2, 0.25) is 0 Å². The fraction of sp³-hybridized carbons (Fsp3) is 0.583. The number of hydrogen-bond acceptors (Lipinski definition) is 1. The van der Waals surface area contributed by atoms with Crippen LogP contribution in [-0.2, 0) is 6.54 Å². The Kier molecular flexibility index (Phi) is 3.47. The van der Waals surface area contributed by atoms with Gasteiger partial charge < -0.3 is 0 Å². The van der Waals surface area contributed by atoms with E-state index in [2.05, 4.69) is 24.2 Å². The fourth-order valence-corrected chi connectivity index (χ4v) is 2.42. The quantitative estimate of drug-likeness (QED) is 0.704. The number of aryl methyl sites for hydroxylation is 1. The average Bonchev–Trinajstić information content (AvgIpc) is 2.61. The first kappa shape index (κ1) is 10.7. The smallest absolute Gasteiger partial charge is 0.0639 e. The van der Waals surface area contributed by atoms with Gasteiger partial charge in [-0.15, -0.1) is 11.6 Å².